The smallest absolute Gasteiger partial charge is 0.224 e. The Morgan fingerprint density at radius 1 is 1.58 bits per heavy atom. The van der Waals surface area contributed by atoms with E-state index in [-0.39, 0.29) is 23.6 Å². The van der Waals surface area contributed by atoms with Crippen molar-refractivity contribution in [2.45, 2.75) is 12.8 Å². The number of ether oxygens (including phenoxy) is 2. The second kappa shape index (κ2) is 6.68. The van der Waals surface area contributed by atoms with Crippen molar-refractivity contribution in [3.05, 3.63) is 11.5 Å². The summed E-state index contributed by atoms with van der Waals surface area (Å²) >= 11 is 5.68. The summed E-state index contributed by atoms with van der Waals surface area (Å²) in [6, 6.07) is 0. The van der Waals surface area contributed by atoms with Crippen LogP contribution in [0.15, 0.2) is 6.20 Å². The van der Waals surface area contributed by atoms with Crippen LogP contribution in [0.25, 0.3) is 0 Å². The van der Waals surface area contributed by atoms with E-state index >= 15 is 0 Å². The number of hydrogen-bond donors (Lipinski definition) is 1. The minimum absolute atomic E-state index is 0.0182. The van der Waals surface area contributed by atoms with E-state index < -0.39 is 0 Å². The monoisotopic (exact) mass is 285 g/mol. The molecule has 2 rings (SSSR count). The molecular weight excluding hydrogens is 270 g/mol. The van der Waals surface area contributed by atoms with E-state index in [9.17, 15) is 4.79 Å². The van der Waals surface area contributed by atoms with E-state index in [1.165, 1.54) is 6.20 Å². The van der Waals surface area contributed by atoms with Gasteiger partial charge in [0.2, 0.25) is 5.28 Å². The lowest BCUT2D eigenvalue weighted by molar-refractivity contribution is -0.127. The highest BCUT2D eigenvalue weighted by Gasteiger charge is 2.22. The van der Waals surface area contributed by atoms with Crippen molar-refractivity contribution >= 4 is 23.2 Å². The maximum atomic E-state index is 12.0. The lowest BCUT2D eigenvalue weighted by atomic mass is 9.96. The zero-order valence-corrected chi connectivity index (χ0v) is 11.4. The first-order chi connectivity index (χ1) is 9.20. The van der Waals surface area contributed by atoms with Crippen LogP contribution < -0.4 is 10.1 Å². The summed E-state index contributed by atoms with van der Waals surface area (Å²) < 4.78 is 10.7. The van der Waals surface area contributed by atoms with Gasteiger partial charge in [-0.05, 0) is 24.4 Å². The molecule has 1 aromatic rings. The third-order valence-corrected chi connectivity index (χ3v) is 3.19. The van der Waals surface area contributed by atoms with E-state index in [0.29, 0.717) is 24.8 Å². The molecule has 2 heterocycles. The number of nitrogens with zero attached hydrogens (tertiary/aromatic N) is 2. The number of hydrogen-bond acceptors (Lipinski definition) is 6. The van der Waals surface area contributed by atoms with E-state index in [0.717, 1.165) is 12.8 Å². The van der Waals surface area contributed by atoms with Crippen molar-refractivity contribution in [2.24, 2.45) is 5.92 Å². The molecule has 0 atom stereocenters. The van der Waals surface area contributed by atoms with Crippen LogP contribution in [0, 0.1) is 5.92 Å². The lowest BCUT2D eigenvalue weighted by Gasteiger charge is -2.20. The third kappa shape index (κ3) is 3.78. The normalized spacial score (nSPS) is 16.1. The molecule has 0 bridgehead atoms. The van der Waals surface area contributed by atoms with E-state index in [1.807, 2.05) is 0 Å². The molecule has 0 amide bonds. The van der Waals surface area contributed by atoms with Gasteiger partial charge in [0.15, 0.2) is 17.4 Å². The SMILES string of the molecule is CNc1nc(Cl)ncc1OCC(=O)C1CCOCC1. The van der Waals surface area contributed by atoms with Gasteiger partial charge in [-0.25, -0.2) is 4.98 Å². The molecule has 0 spiro atoms. The number of halogens is 1. The first kappa shape index (κ1) is 14.0. The standard InChI is InChI=1S/C12H16ClN3O3/c1-14-11-10(6-15-12(13)16-11)19-7-9(17)8-2-4-18-5-3-8/h6,8H,2-5,7H2,1H3,(H,14,15,16). The average molecular weight is 286 g/mol. The summed E-state index contributed by atoms with van der Waals surface area (Å²) in [5, 5.41) is 2.98. The fourth-order valence-electron chi connectivity index (χ4n) is 1.92. The summed E-state index contributed by atoms with van der Waals surface area (Å²) in [5.74, 6) is 1.01. The maximum absolute atomic E-state index is 12.0. The molecule has 104 valence electrons. The molecule has 7 heteroatoms. The summed E-state index contributed by atoms with van der Waals surface area (Å²) in [5.41, 5.74) is 0. The van der Waals surface area contributed by atoms with Gasteiger partial charge in [-0.2, -0.15) is 4.98 Å². The van der Waals surface area contributed by atoms with Crippen LogP contribution in [0.2, 0.25) is 5.28 Å². The van der Waals surface area contributed by atoms with Gasteiger partial charge < -0.3 is 14.8 Å². The van der Waals surface area contributed by atoms with Crippen molar-refractivity contribution in [1.29, 1.82) is 0 Å². The summed E-state index contributed by atoms with van der Waals surface area (Å²) in [6.45, 7) is 1.30. The number of nitrogens with one attached hydrogen (secondary N) is 1. The van der Waals surface area contributed by atoms with Crippen molar-refractivity contribution < 1.29 is 14.3 Å². The van der Waals surface area contributed by atoms with Crippen LogP contribution in [-0.2, 0) is 9.53 Å². The Morgan fingerprint density at radius 2 is 2.32 bits per heavy atom. The molecule has 1 aliphatic heterocycles. The Balaban J connectivity index is 1.92. The first-order valence-corrected chi connectivity index (χ1v) is 6.52. The Kier molecular flexibility index (Phi) is 4.93. The van der Waals surface area contributed by atoms with E-state index in [1.54, 1.807) is 7.05 Å². The number of aromatic nitrogens is 2. The van der Waals surface area contributed by atoms with Gasteiger partial charge in [0.25, 0.3) is 0 Å². The van der Waals surface area contributed by atoms with Gasteiger partial charge in [0, 0.05) is 26.2 Å². The second-order valence-corrected chi connectivity index (χ2v) is 4.58. The maximum Gasteiger partial charge on any atom is 0.224 e. The Hall–Kier alpha value is -1.40. The highest BCUT2D eigenvalue weighted by Crippen LogP contribution is 2.22. The summed E-state index contributed by atoms with van der Waals surface area (Å²) in [7, 11) is 1.70. The number of carbonyl (C=O) groups is 1. The highest BCUT2D eigenvalue weighted by molar-refractivity contribution is 6.28. The molecule has 19 heavy (non-hydrogen) atoms. The average Bonchev–Trinajstić information content (AvgIpc) is 2.46. The molecule has 0 aliphatic carbocycles. The van der Waals surface area contributed by atoms with Crippen molar-refractivity contribution in [3.8, 4) is 5.75 Å². The Morgan fingerprint density at radius 3 is 3.00 bits per heavy atom. The summed E-state index contributed by atoms with van der Waals surface area (Å²) in [6.07, 6.45) is 2.98. The van der Waals surface area contributed by atoms with E-state index in [2.05, 4.69) is 15.3 Å². The zero-order chi connectivity index (χ0) is 13.7. The molecule has 6 nitrogen and oxygen atoms in total. The first-order valence-electron chi connectivity index (χ1n) is 6.14. The van der Waals surface area contributed by atoms with Crippen LogP contribution in [0.4, 0.5) is 5.82 Å². The summed E-state index contributed by atoms with van der Waals surface area (Å²) in [4.78, 5) is 19.8. The Bertz CT molecular complexity index is 450. The predicted octanol–water partition coefficient (Wildman–Crippen LogP) is 1.55. The molecule has 1 aliphatic rings. The Labute approximate surface area is 116 Å². The molecule has 0 aromatic carbocycles. The predicted molar refractivity (Wildman–Crippen MR) is 70.6 cm³/mol. The fourth-order valence-corrected chi connectivity index (χ4v) is 2.05. The molecular formula is C12H16ClN3O3. The number of ketones is 1. The number of Topliss-reactive ketones (excluding diaryl/α,β-unsaturated/α-hetero) is 1. The van der Waals surface area contributed by atoms with Gasteiger partial charge in [0.1, 0.15) is 6.61 Å². The van der Waals surface area contributed by atoms with Gasteiger partial charge in [-0.15, -0.1) is 0 Å². The van der Waals surface area contributed by atoms with Crippen molar-refractivity contribution in [1.82, 2.24) is 9.97 Å². The van der Waals surface area contributed by atoms with Crippen molar-refractivity contribution in [2.75, 3.05) is 32.2 Å². The number of carbonyl (C=O) groups excluding carboxylic acids is 1. The molecule has 1 saturated heterocycles. The third-order valence-electron chi connectivity index (χ3n) is 3.01. The quantitative estimate of drug-likeness (QED) is 0.828. The van der Waals surface area contributed by atoms with Gasteiger partial charge in [-0.3, -0.25) is 4.79 Å². The van der Waals surface area contributed by atoms with Crippen LogP contribution >= 0.6 is 11.6 Å². The molecule has 1 N–H and O–H groups in total. The van der Waals surface area contributed by atoms with Crippen LogP contribution in [0.1, 0.15) is 12.8 Å². The second-order valence-electron chi connectivity index (χ2n) is 4.24. The molecule has 0 radical (unpaired) electrons. The van der Waals surface area contributed by atoms with Gasteiger partial charge in [-0.1, -0.05) is 0 Å². The van der Waals surface area contributed by atoms with E-state index in [4.69, 9.17) is 21.1 Å². The number of rotatable bonds is 5. The number of anilines is 1. The topological polar surface area (TPSA) is 73.3 Å². The van der Waals surface area contributed by atoms with Crippen LogP contribution in [0.5, 0.6) is 5.75 Å². The molecule has 1 aromatic heterocycles. The van der Waals surface area contributed by atoms with Gasteiger partial charge >= 0.3 is 0 Å². The minimum Gasteiger partial charge on any atom is -0.480 e. The largest absolute Gasteiger partial charge is 0.480 e. The molecule has 1 fully saturated rings. The lowest BCUT2D eigenvalue weighted by Crippen LogP contribution is -2.27. The fraction of sp³-hybridized carbons (Fsp3) is 0.583. The molecule has 0 unspecified atom stereocenters. The van der Waals surface area contributed by atoms with Crippen LogP contribution in [0.3, 0.4) is 0 Å². The minimum atomic E-state index is 0.0182. The zero-order valence-electron chi connectivity index (χ0n) is 10.7. The molecule has 0 saturated carbocycles. The van der Waals surface area contributed by atoms with Crippen molar-refractivity contribution in [3.63, 3.8) is 0 Å². The van der Waals surface area contributed by atoms with Gasteiger partial charge in [0.05, 0.1) is 6.20 Å². The van der Waals surface area contributed by atoms with Crippen LogP contribution in [-0.4, -0.2) is 42.6 Å². The highest BCUT2D eigenvalue weighted by atomic mass is 35.5.